The zero-order chi connectivity index (χ0) is 19.2. The Kier molecular flexibility index (Phi) is 6.05. The maximum Gasteiger partial charge on any atom is 0.258 e. The number of benzene rings is 2. The van der Waals surface area contributed by atoms with Gasteiger partial charge in [-0.1, -0.05) is 12.1 Å². The van der Waals surface area contributed by atoms with Gasteiger partial charge in [0.1, 0.15) is 30.0 Å². The third kappa shape index (κ3) is 5.06. The van der Waals surface area contributed by atoms with E-state index < -0.39 is 6.10 Å². The maximum absolute atomic E-state index is 12.1. The molecule has 27 heavy (non-hydrogen) atoms. The molecule has 0 radical (unpaired) electrons. The van der Waals surface area contributed by atoms with Gasteiger partial charge in [0.2, 0.25) is 0 Å². The van der Waals surface area contributed by atoms with Crippen LogP contribution in [0, 0.1) is 0 Å². The summed E-state index contributed by atoms with van der Waals surface area (Å²) in [5.74, 6) is 1.97. The van der Waals surface area contributed by atoms with Gasteiger partial charge in [0.25, 0.3) is 5.56 Å². The number of nitrogens with zero attached hydrogens (tertiary/aromatic N) is 2. The van der Waals surface area contributed by atoms with Gasteiger partial charge in [-0.15, -0.1) is 0 Å². The molecule has 142 valence electrons. The van der Waals surface area contributed by atoms with Crippen molar-refractivity contribution in [1.82, 2.24) is 14.9 Å². The summed E-state index contributed by atoms with van der Waals surface area (Å²) in [4.78, 5) is 21.3. The average Bonchev–Trinajstić information content (AvgIpc) is 2.66. The number of nitrogens with one attached hydrogen (secondary N) is 1. The number of methoxy groups -OCH3 is 1. The fourth-order valence-electron chi connectivity index (χ4n) is 2.81. The summed E-state index contributed by atoms with van der Waals surface area (Å²) < 4.78 is 10.7. The number of ether oxygens (including phenoxy) is 2. The van der Waals surface area contributed by atoms with Crippen molar-refractivity contribution in [3.63, 3.8) is 0 Å². The minimum atomic E-state index is -0.677. The SMILES string of the molecule is COc1ccc(OC[C@H](O)CN(C)Cc2nc3ccccc3c(=O)[nH]2)cc1. The second kappa shape index (κ2) is 8.66. The second-order valence-corrected chi connectivity index (χ2v) is 6.37. The summed E-state index contributed by atoms with van der Waals surface area (Å²) in [7, 11) is 3.46. The molecule has 2 aromatic carbocycles. The van der Waals surface area contributed by atoms with Crippen LogP contribution in [0.4, 0.5) is 0 Å². The third-order valence-electron chi connectivity index (χ3n) is 4.11. The van der Waals surface area contributed by atoms with Crippen molar-refractivity contribution in [2.75, 3.05) is 27.3 Å². The van der Waals surface area contributed by atoms with Crippen LogP contribution in [0.5, 0.6) is 11.5 Å². The molecule has 0 unspecified atom stereocenters. The highest BCUT2D eigenvalue weighted by molar-refractivity contribution is 5.77. The first kappa shape index (κ1) is 18.9. The number of fused-ring (bicyclic) bond motifs is 1. The predicted octanol–water partition coefficient (Wildman–Crippen LogP) is 1.80. The summed E-state index contributed by atoms with van der Waals surface area (Å²) >= 11 is 0. The number of para-hydroxylation sites is 1. The molecule has 0 aliphatic rings. The Balaban J connectivity index is 1.53. The van der Waals surface area contributed by atoms with Crippen LogP contribution in [0.1, 0.15) is 5.82 Å². The standard InChI is InChI=1S/C20H23N3O4/c1-23(11-14(24)13-27-16-9-7-15(26-2)8-10-16)12-19-21-18-6-4-3-5-17(18)20(25)22-19/h3-10,14,24H,11-13H2,1-2H3,(H,21,22,25)/t14-/m1/s1. The highest BCUT2D eigenvalue weighted by atomic mass is 16.5. The Morgan fingerprint density at radius 1 is 1.15 bits per heavy atom. The predicted molar refractivity (Wildman–Crippen MR) is 103 cm³/mol. The highest BCUT2D eigenvalue weighted by Gasteiger charge is 2.12. The van der Waals surface area contributed by atoms with E-state index in [4.69, 9.17) is 9.47 Å². The number of H-pyrrole nitrogens is 1. The summed E-state index contributed by atoms with van der Waals surface area (Å²) in [6.07, 6.45) is -0.677. The summed E-state index contributed by atoms with van der Waals surface area (Å²) in [5.41, 5.74) is 0.500. The van der Waals surface area contributed by atoms with E-state index in [1.807, 2.05) is 30.1 Å². The van der Waals surface area contributed by atoms with Crippen LogP contribution >= 0.6 is 0 Å². The van der Waals surface area contributed by atoms with E-state index in [1.165, 1.54) is 0 Å². The van der Waals surface area contributed by atoms with Gasteiger partial charge in [0.15, 0.2) is 0 Å². The van der Waals surface area contributed by atoms with Crippen molar-refractivity contribution in [1.29, 1.82) is 0 Å². The Labute approximate surface area is 157 Å². The summed E-state index contributed by atoms with van der Waals surface area (Å²) in [6.45, 7) is 0.963. The lowest BCUT2D eigenvalue weighted by Gasteiger charge is -2.20. The molecule has 0 spiro atoms. The van der Waals surface area contributed by atoms with Crippen LogP contribution in [-0.4, -0.2) is 53.4 Å². The van der Waals surface area contributed by atoms with E-state index in [-0.39, 0.29) is 12.2 Å². The van der Waals surface area contributed by atoms with Crippen molar-refractivity contribution in [3.05, 3.63) is 64.7 Å². The van der Waals surface area contributed by atoms with Crippen molar-refractivity contribution < 1.29 is 14.6 Å². The first-order valence-electron chi connectivity index (χ1n) is 8.66. The lowest BCUT2D eigenvalue weighted by atomic mass is 10.2. The molecule has 1 atom stereocenters. The van der Waals surface area contributed by atoms with Crippen LogP contribution in [0.25, 0.3) is 10.9 Å². The van der Waals surface area contributed by atoms with Crippen LogP contribution in [-0.2, 0) is 6.54 Å². The van der Waals surface area contributed by atoms with Crippen LogP contribution in [0.3, 0.4) is 0 Å². The molecule has 0 aliphatic heterocycles. The van der Waals surface area contributed by atoms with E-state index in [2.05, 4.69) is 9.97 Å². The van der Waals surface area contributed by atoms with Gasteiger partial charge in [-0.25, -0.2) is 4.98 Å². The molecule has 0 aliphatic carbocycles. The van der Waals surface area contributed by atoms with Crippen molar-refractivity contribution >= 4 is 10.9 Å². The molecule has 0 fully saturated rings. The lowest BCUT2D eigenvalue weighted by molar-refractivity contribution is 0.0737. The molecule has 7 heteroatoms. The van der Waals surface area contributed by atoms with Crippen LogP contribution in [0.2, 0.25) is 0 Å². The Hall–Kier alpha value is -2.90. The molecule has 0 amide bonds. The highest BCUT2D eigenvalue weighted by Crippen LogP contribution is 2.17. The molecule has 0 bridgehead atoms. The molecular formula is C20H23N3O4. The monoisotopic (exact) mass is 369 g/mol. The fourth-order valence-corrected chi connectivity index (χ4v) is 2.81. The quantitative estimate of drug-likeness (QED) is 0.630. The summed E-state index contributed by atoms with van der Waals surface area (Å²) in [6, 6.07) is 14.4. The van der Waals surface area contributed by atoms with Gasteiger partial charge in [-0.3, -0.25) is 9.69 Å². The third-order valence-corrected chi connectivity index (χ3v) is 4.11. The molecule has 7 nitrogen and oxygen atoms in total. The molecule has 0 saturated heterocycles. The molecule has 1 heterocycles. The van der Waals surface area contributed by atoms with E-state index >= 15 is 0 Å². The number of likely N-dealkylation sites (N-methyl/N-ethyl adjacent to an activating group) is 1. The van der Waals surface area contributed by atoms with E-state index in [0.717, 1.165) is 5.75 Å². The largest absolute Gasteiger partial charge is 0.497 e. The van der Waals surface area contributed by atoms with E-state index in [1.54, 1.807) is 37.4 Å². The zero-order valence-corrected chi connectivity index (χ0v) is 15.4. The molecular weight excluding hydrogens is 346 g/mol. The number of aliphatic hydroxyl groups excluding tert-OH is 1. The van der Waals surface area contributed by atoms with Gasteiger partial charge in [0.05, 0.1) is 24.6 Å². The van der Waals surface area contributed by atoms with Crippen molar-refractivity contribution in [3.8, 4) is 11.5 Å². The molecule has 3 rings (SSSR count). The van der Waals surface area contributed by atoms with Crippen molar-refractivity contribution in [2.45, 2.75) is 12.6 Å². The van der Waals surface area contributed by atoms with E-state index in [0.29, 0.717) is 35.6 Å². The van der Waals surface area contributed by atoms with Crippen molar-refractivity contribution in [2.24, 2.45) is 0 Å². The minimum absolute atomic E-state index is 0.160. The smallest absolute Gasteiger partial charge is 0.258 e. The van der Waals surface area contributed by atoms with Gasteiger partial charge in [-0.05, 0) is 43.4 Å². The zero-order valence-electron chi connectivity index (χ0n) is 15.4. The molecule has 3 aromatic rings. The van der Waals surface area contributed by atoms with Crippen LogP contribution < -0.4 is 15.0 Å². The van der Waals surface area contributed by atoms with Gasteiger partial charge in [-0.2, -0.15) is 0 Å². The van der Waals surface area contributed by atoms with Gasteiger partial charge in [0, 0.05) is 6.54 Å². The fraction of sp³-hybridized carbons (Fsp3) is 0.300. The normalized spacial score (nSPS) is 12.3. The topological polar surface area (TPSA) is 87.7 Å². The molecule has 1 aromatic heterocycles. The Bertz CT molecular complexity index is 940. The second-order valence-electron chi connectivity index (χ2n) is 6.37. The van der Waals surface area contributed by atoms with Gasteiger partial charge >= 0.3 is 0 Å². The number of hydrogen-bond acceptors (Lipinski definition) is 6. The van der Waals surface area contributed by atoms with Gasteiger partial charge < -0.3 is 19.6 Å². The number of aromatic nitrogens is 2. The minimum Gasteiger partial charge on any atom is -0.497 e. The van der Waals surface area contributed by atoms with Crippen LogP contribution in [0.15, 0.2) is 53.3 Å². The number of aromatic amines is 1. The molecule has 2 N–H and O–H groups in total. The Morgan fingerprint density at radius 3 is 2.59 bits per heavy atom. The number of hydrogen-bond donors (Lipinski definition) is 2. The first-order chi connectivity index (χ1) is 13.0. The maximum atomic E-state index is 12.1. The average molecular weight is 369 g/mol. The first-order valence-corrected chi connectivity index (χ1v) is 8.66. The van der Waals surface area contributed by atoms with E-state index in [9.17, 15) is 9.90 Å². The number of rotatable bonds is 8. The molecule has 0 saturated carbocycles. The Morgan fingerprint density at radius 2 is 1.85 bits per heavy atom. The summed E-state index contributed by atoms with van der Waals surface area (Å²) in [5, 5.41) is 10.8. The number of aliphatic hydroxyl groups is 1. The lowest BCUT2D eigenvalue weighted by Crippen LogP contribution is -2.33.